The van der Waals surface area contributed by atoms with E-state index in [9.17, 15) is 0 Å². The first-order valence-electron chi connectivity index (χ1n) is 5.80. The van der Waals surface area contributed by atoms with Crippen LogP contribution in [-0.4, -0.2) is 7.05 Å². The van der Waals surface area contributed by atoms with Crippen LogP contribution < -0.4 is 5.32 Å². The predicted octanol–water partition coefficient (Wildman–Crippen LogP) is 4.78. The predicted molar refractivity (Wildman–Crippen MR) is 79.2 cm³/mol. The van der Waals surface area contributed by atoms with E-state index in [1.54, 1.807) is 18.0 Å². The fourth-order valence-electron chi connectivity index (χ4n) is 1.70. The summed E-state index contributed by atoms with van der Waals surface area (Å²) in [5.74, 6) is 0.964. The monoisotopic (exact) mass is 325 g/mol. The molecule has 0 saturated heterocycles. The van der Waals surface area contributed by atoms with Crippen LogP contribution in [0.1, 0.15) is 24.3 Å². The molecule has 0 saturated carbocycles. The van der Waals surface area contributed by atoms with Crippen molar-refractivity contribution in [2.45, 2.75) is 29.7 Å². The summed E-state index contributed by atoms with van der Waals surface area (Å²) in [6.45, 7) is 4.15. The average Bonchev–Trinajstić information content (AvgIpc) is 2.76. The fourth-order valence-corrected chi connectivity index (χ4v) is 3.12. The van der Waals surface area contributed by atoms with Crippen LogP contribution in [0.3, 0.4) is 0 Å². The molecule has 2 aromatic rings. The molecular weight excluding hydrogens is 310 g/mol. The fraction of sp³-hybridized carbons (Fsp3) is 0.286. The second kappa shape index (κ2) is 5.95. The van der Waals surface area contributed by atoms with E-state index in [4.69, 9.17) is 4.42 Å². The molecule has 0 aliphatic rings. The van der Waals surface area contributed by atoms with Gasteiger partial charge in [0.1, 0.15) is 5.76 Å². The lowest BCUT2D eigenvalue weighted by Gasteiger charge is -2.15. The Bertz CT molecular complexity index is 538. The average molecular weight is 326 g/mol. The van der Waals surface area contributed by atoms with Gasteiger partial charge in [0, 0.05) is 15.4 Å². The third-order valence-corrected chi connectivity index (χ3v) is 4.63. The van der Waals surface area contributed by atoms with Gasteiger partial charge in [-0.2, -0.15) is 0 Å². The highest BCUT2D eigenvalue weighted by Gasteiger charge is 2.12. The lowest BCUT2D eigenvalue weighted by Crippen LogP contribution is -2.13. The van der Waals surface area contributed by atoms with Crippen molar-refractivity contribution in [3.05, 3.63) is 46.3 Å². The van der Waals surface area contributed by atoms with E-state index in [0.717, 1.165) is 10.2 Å². The molecule has 96 valence electrons. The van der Waals surface area contributed by atoms with Crippen LogP contribution in [0, 0.1) is 6.92 Å². The van der Waals surface area contributed by atoms with Crippen molar-refractivity contribution in [3.63, 3.8) is 0 Å². The van der Waals surface area contributed by atoms with Crippen LogP contribution >= 0.6 is 27.7 Å². The van der Waals surface area contributed by atoms with Gasteiger partial charge in [0.15, 0.2) is 0 Å². The number of aryl methyl sites for hydroxylation is 1. The Kier molecular flexibility index (Phi) is 4.54. The van der Waals surface area contributed by atoms with Crippen LogP contribution in [0.5, 0.6) is 0 Å². The van der Waals surface area contributed by atoms with Crippen LogP contribution in [0.2, 0.25) is 0 Å². The van der Waals surface area contributed by atoms with Crippen molar-refractivity contribution >= 4 is 27.7 Å². The first-order chi connectivity index (χ1) is 8.61. The molecule has 1 aromatic carbocycles. The Balaban J connectivity index is 2.35. The third-order valence-electron chi connectivity index (χ3n) is 2.90. The van der Waals surface area contributed by atoms with Gasteiger partial charge >= 0.3 is 0 Å². The second-order valence-electron chi connectivity index (χ2n) is 4.14. The number of benzene rings is 1. The molecule has 2 nitrogen and oxygen atoms in total. The molecular formula is C14H16BrNOS. The maximum atomic E-state index is 5.34. The molecule has 0 spiro atoms. The lowest BCUT2D eigenvalue weighted by atomic mass is 10.1. The van der Waals surface area contributed by atoms with E-state index >= 15 is 0 Å². The van der Waals surface area contributed by atoms with Gasteiger partial charge in [-0.05, 0) is 50.7 Å². The molecule has 1 unspecified atom stereocenters. The first-order valence-corrected chi connectivity index (χ1v) is 7.41. The number of halogens is 1. The minimum atomic E-state index is 0.317. The SMILES string of the molecule is CNC(C)c1cc(Br)ccc1Sc1ccoc1C. The van der Waals surface area contributed by atoms with Crippen molar-refractivity contribution in [2.75, 3.05) is 7.05 Å². The maximum absolute atomic E-state index is 5.34. The van der Waals surface area contributed by atoms with Crippen LogP contribution in [-0.2, 0) is 0 Å². The molecule has 18 heavy (non-hydrogen) atoms. The standard InChI is InChI=1S/C14H16BrNOS/c1-9(16-3)12-8-11(15)4-5-14(12)18-13-6-7-17-10(13)2/h4-9,16H,1-3H3. The summed E-state index contributed by atoms with van der Waals surface area (Å²) in [5, 5.41) is 3.29. The Labute approximate surface area is 120 Å². The summed E-state index contributed by atoms with van der Waals surface area (Å²) < 4.78 is 6.45. The van der Waals surface area contributed by atoms with E-state index in [2.05, 4.69) is 46.4 Å². The topological polar surface area (TPSA) is 25.2 Å². The van der Waals surface area contributed by atoms with Crippen LogP contribution in [0.25, 0.3) is 0 Å². The number of hydrogen-bond acceptors (Lipinski definition) is 3. The summed E-state index contributed by atoms with van der Waals surface area (Å²) in [7, 11) is 1.98. The zero-order chi connectivity index (χ0) is 13.1. The molecule has 0 fully saturated rings. The van der Waals surface area contributed by atoms with Crippen molar-refractivity contribution < 1.29 is 4.42 Å². The number of furan rings is 1. The van der Waals surface area contributed by atoms with Crippen molar-refractivity contribution in [2.24, 2.45) is 0 Å². The molecule has 0 amide bonds. The molecule has 1 atom stereocenters. The van der Waals surface area contributed by atoms with Crippen LogP contribution in [0.4, 0.5) is 0 Å². The summed E-state index contributed by atoms with van der Waals surface area (Å²) in [5.41, 5.74) is 1.29. The van der Waals surface area contributed by atoms with Gasteiger partial charge in [-0.15, -0.1) is 0 Å². The third kappa shape index (κ3) is 2.99. The molecule has 1 aromatic heterocycles. The summed E-state index contributed by atoms with van der Waals surface area (Å²) in [6, 6.07) is 8.71. The van der Waals surface area contributed by atoms with Gasteiger partial charge in [-0.1, -0.05) is 27.7 Å². The molecule has 4 heteroatoms. The highest BCUT2D eigenvalue weighted by atomic mass is 79.9. The van der Waals surface area contributed by atoms with Crippen LogP contribution in [0.15, 0.2) is 49.2 Å². The van der Waals surface area contributed by atoms with E-state index in [1.807, 2.05) is 20.0 Å². The summed E-state index contributed by atoms with van der Waals surface area (Å²) in [6.07, 6.45) is 1.73. The molecule has 0 bridgehead atoms. The normalized spacial score (nSPS) is 12.7. The Morgan fingerprint density at radius 1 is 1.28 bits per heavy atom. The smallest absolute Gasteiger partial charge is 0.114 e. The van der Waals surface area contributed by atoms with Crippen molar-refractivity contribution in [3.8, 4) is 0 Å². The van der Waals surface area contributed by atoms with Gasteiger partial charge < -0.3 is 9.73 Å². The number of rotatable bonds is 4. The molecule has 0 aliphatic carbocycles. The Hall–Kier alpha value is -0.710. The maximum Gasteiger partial charge on any atom is 0.114 e. The van der Waals surface area contributed by atoms with Gasteiger partial charge in [0.2, 0.25) is 0 Å². The second-order valence-corrected chi connectivity index (χ2v) is 6.14. The van der Waals surface area contributed by atoms with Gasteiger partial charge in [-0.3, -0.25) is 0 Å². The molecule has 0 radical (unpaired) electrons. The minimum absolute atomic E-state index is 0.317. The highest BCUT2D eigenvalue weighted by Crippen LogP contribution is 2.36. The molecule has 2 rings (SSSR count). The van der Waals surface area contributed by atoms with Gasteiger partial charge in [-0.25, -0.2) is 0 Å². The highest BCUT2D eigenvalue weighted by molar-refractivity contribution is 9.10. The Morgan fingerprint density at radius 3 is 2.67 bits per heavy atom. The molecule has 1 heterocycles. The summed E-state index contributed by atoms with van der Waals surface area (Å²) in [4.78, 5) is 2.42. The van der Waals surface area contributed by atoms with E-state index in [-0.39, 0.29) is 0 Å². The summed E-state index contributed by atoms with van der Waals surface area (Å²) >= 11 is 5.28. The van der Waals surface area contributed by atoms with Gasteiger partial charge in [0.05, 0.1) is 11.2 Å². The molecule has 1 N–H and O–H groups in total. The zero-order valence-corrected chi connectivity index (χ0v) is 13.1. The Morgan fingerprint density at radius 2 is 2.06 bits per heavy atom. The van der Waals surface area contributed by atoms with Crippen molar-refractivity contribution in [1.29, 1.82) is 0 Å². The minimum Gasteiger partial charge on any atom is -0.468 e. The van der Waals surface area contributed by atoms with E-state index in [1.165, 1.54) is 15.4 Å². The quantitative estimate of drug-likeness (QED) is 0.875. The largest absolute Gasteiger partial charge is 0.468 e. The van der Waals surface area contributed by atoms with E-state index in [0.29, 0.717) is 6.04 Å². The number of hydrogen-bond donors (Lipinski definition) is 1. The van der Waals surface area contributed by atoms with Gasteiger partial charge in [0.25, 0.3) is 0 Å². The number of nitrogens with one attached hydrogen (secondary N) is 1. The lowest BCUT2D eigenvalue weighted by molar-refractivity contribution is 0.527. The van der Waals surface area contributed by atoms with Crippen molar-refractivity contribution in [1.82, 2.24) is 5.32 Å². The zero-order valence-electron chi connectivity index (χ0n) is 10.7. The van der Waals surface area contributed by atoms with E-state index < -0.39 is 0 Å². The first kappa shape index (κ1) is 13.7. The molecule has 0 aliphatic heterocycles.